The number of sulfone groups is 1. The first-order chi connectivity index (χ1) is 14.2. The highest BCUT2D eigenvalue weighted by Crippen LogP contribution is 2.33. The van der Waals surface area contributed by atoms with Gasteiger partial charge >= 0.3 is 12.4 Å². The standard InChI is InChI=1S/C18H13F7N2O3S/c19-13-3-12(18(23,24)25)4-14(5-13)31(29,30)9-10-7-27(8-10)16(28)15-2-1-11(6-26-15)17(20,21)22/h1-6,10H,7-9H2. The van der Waals surface area contributed by atoms with E-state index in [0.717, 1.165) is 11.0 Å². The number of rotatable bonds is 4. The minimum absolute atomic E-state index is 0.0950. The first-order valence-corrected chi connectivity index (χ1v) is 10.2. The molecule has 5 nitrogen and oxygen atoms in total. The van der Waals surface area contributed by atoms with Gasteiger partial charge in [-0.25, -0.2) is 12.8 Å². The van der Waals surface area contributed by atoms with Crippen LogP contribution in [0.25, 0.3) is 0 Å². The number of pyridine rings is 1. The van der Waals surface area contributed by atoms with Crippen LogP contribution in [-0.2, 0) is 22.2 Å². The maximum atomic E-state index is 13.5. The van der Waals surface area contributed by atoms with Crippen molar-refractivity contribution in [1.82, 2.24) is 9.88 Å². The summed E-state index contributed by atoms with van der Waals surface area (Å²) >= 11 is 0. The molecule has 1 aromatic carbocycles. The molecule has 1 aromatic heterocycles. The first kappa shape index (κ1) is 23.0. The van der Waals surface area contributed by atoms with Gasteiger partial charge in [0.2, 0.25) is 0 Å². The Morgan fingerprint density at radius 1 is 1.00 bits per heavy atom. The maximum Gasteiger partial charge on any atom is 0.417 e. The number of carbonyl (C=O) groups excluding carboxylic acids is 1. The number of amides is 1. The van der Waals surface area contributed by atoms with E-state index in [1.54, 1.807) is 0 Å². The van der Waals surface area contributed by atoms with Crippen LogP contribution in [-0.4, -0.2) is 43.1 Å². The van der Waals surface area contributed by atoms with Crippen molar-refractivity contribution in [3.63, 3.8) is 0 Å². The van der Waals surface area contributed by atoms with Crippen LogP contribution in [0.3, 0.4) is 0 Å². The molecular formula is C18H13F7N2O3S. The molecule has 0 N–H and O–H groups in total. The van der Waals surface area contributed by atoms with Crippen LogP contribution in [0.15, 0.2) is 41.4 Å². The quantitative estimate of drug-likeness (QED) is 0.638. The van der Waals surface area contributed by atoms with E-state index in [1.165, 1.54) is 0 Å². The molecule has 0 atom stereocenters. The summed E-state index contributed by atoms with van der Waals surface area (Å²) in [5.41, 5.74) is -2.75. The number of benzene rings is 1. The summed E-state index contributed by atoms with van der Waals surface area (Å²) in [5, 5.41) is 0. The zero-order chi connectivity index (χ0) is 23.2. The van der Waals surface area contributed by atoms with E-state index in [2.05, 4.69) is 4.98 Å². The van der Waals surface area contributed by atoms with Crippen molar-refractivity contribution in [2.75, 3.05) is 18.8 Å². The van der Waals surface area contributed by atoms with Crippen molar-refractivity contribution in [3.8, 4) is 0 Å². The predicted octanol–water partition coefficient (Wildman–Crippen LogP) is 3.80. The minimum Gasteiger partial charge on any atom is -0.337 e. The Kier molecular flexibility index (Phi) is 5.76. The zero-order valence-corrected chi connectivity index (χ0v) is 16.2. The molecule has 1 saturated heterocycles. The van der Waals surface area contributed by atoms with Gasteiger partial charge in [-0.15, -0.1) is 0 Å². The monoisotopic (exact) mass is 470 g/mol. The molecule has 2 heterocycles. The lowest BCUT2D eigenvalue weighted by atomic mass is 10.0. The van der Waals surface area contributed by atoms with Crippen LogP contribution >= 0.6 is 0 Å². The molecule has 1 fully saturated rings. The number of likely N-dealkylation sites (tertiary alicyclic amines) is 1. The van der Waals surface area contributed by atoms with Crippen molar-refractivity contribution in [2.24, 2.45) is 5.92 Å². The average Bonchev–Trinajstić information content (AvgIpc) is 2.62. The SMILES string of the molecule is O=C(c1ccc(C(F)(F)F)cn1)N1CC(CS(=O)(=O)c2cc(F)cc(C(F)(F)F)c2)C1. The third-order valence-electron chi connectivity index (χ3n) is 4.57. The minimum atomic E-state index is -4.93. The average molecular weight is 470 g/mol. The van der Waals surface area contributed by atoms with Gasteiger partial charge < -0.3 is 4.90 Å². The Labute approximate surface area is 171 Å². The van der Waals surface area contributed by atoms with Crippen LogP contribution in [0, 0.1) is 11.7 Å². The topological polar surface area (TPSA) is 67.3 Å². The molecule has 1 aliphatic rings. The number of hydrogen-bond donors (Lipinski definition) is 0. The summed E-state index contributed by atoms with van der Waals surface area (Å²) in [5.74, 6) is -3.33. The molecule has 0 aliphatic carbocycles. The fourth-order valence-corrected chi connectivity index (χ4v) is 4.63. The highest BCUT2D eigenvalue weighted by Gasteiger charge is 2.37. The van der Waals surface area contributed by atoms with Crippen LogP contribution in [0.5, 0.6) is 0 Å². The van der Waals surface area contributed by atoms with Gasteiger partial charge in [0.05, 0.1) is 21.8 Å². The molecule has 0 radical (unpaired) electrons. The third-order valence-corrected chi connectivity index (χ3v) is 6.43. The fraction of sp³-hybridized carbons (Fsp3) is 0.333. The maximum absolute atomic E-state index is 13.5. The summed E-state index contributed by atoms with van der Waals surface area (Å²) in [6, 6.07) is 2.58. The van der Waals surface area contributed by atoms with Crippen LogP contribution < -0.4 is 0 Å². The summed E-state index contributed by atoms with van der Waals surface area (Å²) in [6.07, 6.45) is -9.05. The molecule has 0 spiro atoms. The summed E-state index contributed by atoms with van der Waals surface area (Å²) < 4.78 is 114. The van der Waals surface area contributed by atoms with E-state index in [0.29, 0.717) is 24.4 Å². The van der Waals surface area contributed by atoms with Crippen molar-refractivity contribution in [1.29, 1.82) is 0 Å². The predicted molar refractivity (Wildman–Crippen MR) is 92.1 cm³/mol. The molecule has 0 unspecified atom stereocenters. The van der Waals surface area contributed by atoms with Gasteiger partial charge in [-0.05, 0) is 30.3 Å². The number of nitrogens with zero attached hydrogens (tertiary/aromatic N) is 2. The number of carbonyl (C=O) groups is 1. The Morgan fingerprint density at radius 3 is 2.13 bits per heavy atom. The second kappa shape index (κ2) is 7.77. The van der Waals surface area contributed by atoms with E-state index in [4.69, 9.17) is 0 Å². The molecule has 0 bridgehead atoms. The molecule has 2 aromatic rings. The second-order valence-electron chi connectivity index (χ2n) is 6.96. The van der Waals surface area contributed by atoms with E-state index in [9.17, 15) is 43.9 Å². The lowest BCUT2D eigenvalue weighted by Crippen LogP contribution is -2.52. The van der Waals surface area contributed by atoms with Gasteiger partial charge in [0, 0.05) is 25.2 Å². The number of aromatic nitrogens is 1. The van der Waals surface area contributed by atoms with Gasteiger partial charge in [0.1, 0.15) is 11.5 Å². The first-order valence-electron chi connectivity index (χ1n) is 8.60. The number of halogens is 7. The zero-order valence-electron chi connectivity index (χ0n) is 15.3. The van der Waals surface area contributed by atoms with Crippen molar-refractivity contribution < 1.29 is 43.9 Å². The van der Waals surface area contributed by atoms with Gasteiger partial charge in [0.25, 0.3) is 5.91 Å². The molecular weight excluding hydrogens is 457 g/mol. The molecule has 31 heavy (non-hydrogen) atoms. The summed E-state index contributed by atoms with van der Waals surface area (Å²) in [6.45, 7) is -0.190. The van der Waals surface area contributed by atoms with Gasteiger partial charge in [-0.2, -0.15) is 26.3 Å². The Bertz CT molecular complexity index is 1090. The lowest BCUT2D eigenvalue weighted by Gasteiger charge is -2.38. The third kappa shape index (κ3) is 5.14. The lowest BCUT2D eigenvalue weighted by molar-refractivity contribution is -0.138. The molecule has 13 heteroatoms. The molecule has 0 saturated carbocycles. The largest absolute Gasteiger partial charge is 0.417 e. The smallest absolute Gasteiger partial charge is 0.337 e. The Hall–Kier alpha value is -2.70. The van der Waals surface area contributed by atoms with Gasteiger partial charge in [0.15, 0.2) is 9.84 Å². The summed E-state index contributed by atoms with van der Waals surface area (Å²) in [4.78, 5) is 16.0. The van der Waals surface area contributed by atoms with Crippen molar-refractivity contribution in [3.05, 3.63) is 59.2 Å². The normalized spacial score (nSPS) is 15.6. The molecule has 1 amide bonds. The molecule has 1 aliphatic heterocycles. The van der Waals surface area contributed by atoms with E-state index < -0.39 is 61.6 Å². The fourth-order valence-electron chi connectivity index (χ4n) is 3.00. The highest BCUT2D eigenvalue weighted by atomic mass is 32.2. The van der Waals surface area contributed by atoms with Crippen LogP contribution in [0.4, 0.5) is 30.7 Å². The summed E-state index contributed by atoms with van der Waals surface area (Å²) in [7, 11) is -4.28. The Balaban J connectivity index is 1.65. The Morgan fingerprint density at radius 2 is 1.61 bits per heavy atom. The number of hydrogen-bond acceptors (Lipinski definition) is 4. The van der Waals surface area contributed by atoms with Gasteiger partial charge in [-0.3, -0.25) is 9.78 Å². The molecule has 168 valence electrons. The van der Waals surface area contributed by atoms with E-state index >= 15 is 0 Å². The van der Waals surface area contributed by atoms with E-state index in [1.807, 2.05) is 0 Å². The molecule has 3 rings (SSSR count). The second-order valence-corrected chi connectivity index (χ2v) is 9.00. The van der Waals surface area contributed by atoms with Crippen molar-refractivity contribution in [2.45, 2.75) is 17.2 Å². The van der Waals surface area contributed by atoms with E-state index in [-0.39, 0.29) is 24.8 Å². The highest BCUT2D eigenvalue weighted by molar-refractivity contribution is 7.91. The van der Waals surface area contributed by atoms with Gasteiger partial charge in [-0.1, -0.05) is 0 Å². The number of alkyl halides is 6. The van der Waals surface area contributed by atoms with Crippen LogP contribution in [0.1, 0.15) is 21.6 Å². The van der Waals surface area contributed by atoms with Crippen LogP contribution in [0.2, 0.25) is 0 Å². The van der Waals surface area contributed by atoms with Crippen molar-refractivity contribution >= 4 is 15.7 Å².